The van der Waals surface area contributed by atoms with Crippen LogP contribution in [0.1, 0.15) is 5.56 Å². The minimum absolute atomic E-state index is 0.934. The number of fused-ring (bicyclic) bond motifs is 1. The van der Waals surface area contributed by atoms with Crippen molar-refractivity contribution in [2.75, 3.05) is 31.1 Å². The van der Waals surface area contributed by atoms with Gasteiger partial charge < -0.3 is 24.6 Å². The Hall–Kier alpha value is -4.69. The summed E-state index contributed by atoms with van der Waals surface area (Å²) in [5, 5.41) is 21.4. The molecule has 21 heteroatoms. The van der Waals surface area contributed by atoms with Crippen LogP contribution in [0.2, 0.25) is 0 Å². The van der Waals surface area contributed by atoms with Crippen molar-refractivity contribution in [3.63, 3.8) is 0 Å². The van der Waals surface area contributed by atoms with E-state index in [0.717, 1.165) is 44.2 Å². The molecule has 3 aromatic rings. The normalized spacial score (nSPS) is 13.8. The zero-order valence-electron chi connectivity index (χ0n) is 21.3. The molecule has 0 amide bonds. The van der Waals surface area contributed by atoms with Gasteiger partial charge in [0.05, 0.1) is 0 Å². The third-order valence-corrected chi connectivity index (χ3v) is 4.82. The number of imidazole rings is 1. The molecule has 3 N–H and O–H groups in total. The molecule has 0 saturated carbocycles. The highest BCUT2D eigenvalue weighted by Crippen LogP contribution is 2.19. The molecule has 3 aromatic heterocycles. The first kappa shape index (κ1) is 36.3. The van der Waals surface area contributed by atoms with Gasteiger partial charge in [-0.05, 0) is 11.6 Å². The molecule has 1 aliphatic heterocycles. The molecular weight excluding hydrogens is 615 g/mol. The van der Waals surface area contributed by atoms with Crippen LogP contribution < -0.4 is 4.90 Å². The first-order chi connectivity index (χ1) is 19.7. The molecule has 1 fully saturated rings. The molecular formula is C22H21F9N6O6. The number of anilines is 1. The first-order valence-electron chi connectivity index (χ1n) is 11.3. The van der Waals surface area contributed by atoms with Crippen LogP contribution in [0.3, 0.4) is 0 Å². The van der Waals surface area contributed by atoms with Gasteiger partial charge in [-0.2, -0.15) is 39.5 Å². The summed E-state index contributed by atoms with van der Waals surface area (Å²) in [4.78, 5) is 44.6. The van der Waals surface area contributed by atoms with Crippen LogP contribution in [0.15, 0.2) is 49.3 Å². The van der Waals surface area contributed by atoms with E-state index in [1.807, 2.05) is 47.6 Å². The molecule has 238 valence electrons. The Bertz CT molecular complexity index is 1270. The van der Waals surface area contributed by atoms with E-state index in [1.165, 1.54) is 5.56 Å². The molecule has 43 heavy (non-hydrogen) atoms. The molecule has 0 bridgehead atoms. The zero-order chi connectivity index (χ0) is 33.0. The number of carboxylic acids is 3. The Morgan fingerprint density at radius 3 is 1.56 bits per heavy atom. The highest BCUT2D eigenvalue weighted by molar-refractivity contribution is 5.73. The Balaban J connectivity index is 0.000000363. The highest BCUT2D eigenvalue weighted by atomic mass is 19.4. The summed E-state index contributed by atoms with van der Waals surface area (Å²) in [6, 6.07) is 4.13. The van der Waals surface area contributed by atoms with Crippen LogP contribution in [0.5, 0.6) is 0 Å². The van der Waals surface area contributed by atoms with Crippen molar-refractivity contribution in [2.24, 2.45) is 0 Å². The molecule has 0 unspecified atom stereocenters. The number of hydrogen-bond acceptors (Lipinski definition) is 8. The summed E-state index contributed by atoms with van der Waals surface area (Å²) >= 11 is 0. The monoisotopic (exact) mass is 636 g/mol. The van der Waals surface area contributed by atoms with Crippen molar-refractivity contribution in [1.82, 2.24) is 24.3 Å². The molecule has 0 aliphatic carbocycles. The number of nitrogens with zero attached hydrogens (tertiary/aromatic N) is 6. The Morgan fingerprint density at radius 2 is 1.16 bits per heavy atom. The van der Waals surface area contributed by atoms with Gasteiger partial charge in [-0.25, -0.2) is 24.4 Å². The number of carboxylic acid groups (broad SMARTS) is 3. The molecule has 4 heterocycles. The number of pyridine rings is 1. The van der Waals surface area contributed by atoms with Crippen molar-refractivity contribution in [1.29, 1.82) is 0 Å². The van der Waals surface area contributed by atoms with Crippen molar-refractivity contribution < 1.29 is 69.2 Å². The number of aliphatic carboxylic acids is 3. The molecule has 4 rings (SSSR count). The van der Waals surface area contributed by atoms with E-state index >= 15 is 0 Å². The van der Waals surface area contributed by atoms with Crippen molar-refractivity contribution >= 4 is 29.4 Å². The van der Waals surface area contributed by atoms with Crippen LogP contribution in [0.25, 0.3) is 5.65 Å². The maximum absolute atomic E-state index is 10.6. The van der Waals surface area contributed by atoms with Gasteiger partial charge in [0.2, 0.25) is 0 Å². The summed E-state index contributed by atoms with van der Waals surface area (Å²) < 4.78 is 97.2. The SMILES string of the molecule is O=C(O)C(F)(F)F.O=C(O)C(F)(F)F.O=C(O)C(F)(F)F.c1cncc(CN2CCN(c3nccn4ccnc34)CC2)c1. The second-order valence-electron chi connectivity index (χ2n) is 7.94. The van der Waals surface area contributed by atoms with Gasteiger partial charge in [-0.3, -0.25) is 9.88 Å². The molecule has 1 aliphatic rings. The lowest BCUT2D eigenvalue weighted by molar-refractivity contribution is -0.193. The maximum Gasteiger partial charge on any atom is 0.490 e. The lowest BCUT2D eigenvalue weighted by Gasteiger charge is -2.35. The molecule has 0 atom stereocenters. The van der Waals surface area contributed by atoms with Crippen LogP contribution >= 0.6 is 0 Å². The van der Waals surface area contributed by atoms with E-state index < -0.39 is 36.4 Å². The van der Waals surface area contributed by atoms with Crippen molar-refractivity contribution in [2.45, 2.75) is 25.1 Å². The predicted molar refractivity (Wildman–Crippen MR) is 126 cm³/mol. The van der Waals surface area contributed by atoms with Crippen LogP contribution in [-0.4, -0.2) is 102 Å². The van der Waals surface area contributed by atoms with Crippen LogP contribution in [-0.2, 0) is 20.9 Å². The van der Waals surface area contributed by atoms with Gasteiger partial charge >= 0.3 is 36.4 Å². The average molecular weight is 636 g/mol. The number of halogens is 9. The third kappa shape index (κ3) is 13.2. The van der Waals surface area contributed by atoms with E-state index in [9.17, 15) is 39.5 Å². The number of carbonyl (C=O) groups is 3. The highest BCUT2D eigenvalue weighted by Gasteiger charge is 2.39. The van der Waals surface area contributed by atoms with E-state index in [2.05, 4.69) is 30.8 Å². The molecule has 12 nitrogen and oxygen atoms in total. The Labute approximate surface area is 234 Å². The predicted octanol–water partition coefficient (Wildman–Crippen LogP) is 3.35. The van der Waals surface area contributed by atoms with Gasteiger partial charge in [-0.1, -0.05) is 6.07 Å². The standard InChI is InChI=1S/C16H18N6.3C2HF3O2/c1-2-14(12-17-3-1)13-20-8-10-22(11-9-20)16-15-18-4-6-21(15)7-5-19-16;3*3-2(4,5)1(6)7/h1-7,12H,8-11,13H2;3*(H,6,7). The topological polar surface area (TPSA) is 161 Å². The van der Waals surface area contributed by atoms with Gasteiger partial charge in [-0.15, -0.1) is 0 Å². The molecule has 1 saturated heterocycles. The number of aromatic nitrogens is 4. The average Bonchev–Trinajstić information content (AvgIpc) is 3.38. The number of piperazine rings is 1. The third-order valence-electron chi connectivity index (χ3n) is 4.82. The van der Waals surface area contributed by atoms with Crippen LogP contribution in [0.4, 0.5) is 45.3 Å². The van der Waals surface area contributed by atoms with E-state index in [1.54, 1.807) is 0 Å². The minimum atomic E-state index is -5.08. The summed E-state index contributed by atoms with van der Waals surface area (Å²) in [5.74, 6) is -7.29. The smallest absolute Gasteiger partial charge is 0.475 e. The van der Waals surface area contributed by atoms with Crippen molar-refractivity contribution in [3.05, 3.63) is 54.9 Å². The van der Waals surface area contributed by atoms with E-state index in [4.69, 9.17) is 29.7 Å². The fourth-order valence-corrected chi connectivity index (χ4v) is 2.93. The fraction of sp³-hybridized carbons (Fsp3) is 0.364. The van der Waals surface area contributed by atoms with E-state index in [0.29, 0.717) is 0 Å². The molecule has 0 aromatic carbocycles. The summed E-state index contributed by atoms with van der Waals surface area (Å²) in [6.07, 6.45) is -3.94. The van der Waals surface area contributed by atoms with Gasteiger partial charge in [0.15, 0.2) is 11.5 Å². The van der Waals surface area contributed by atoms with Gasteiger partial charge in [0, 0.05) is 69.9 Å². The fourth-order valence-electron chi connectivity index (χ4n) is 2.93. The number of hydrogen-bond donors (Lipinski definition) is 3. The lowest BCUT2D eigenvalue weighted by atomic mass is 10.2. The second kappa shape index (κ2) is 15.5. The summed E-state index contributed by atoms with van der Waals surface area (Å²) in [7, 11) is 0. The van der Waals surface area contributed by atoms with E-state index in [-0.39, 0.29) is 0 Å². The lowest BCUT2D eigenvalue weighted by Crippen LogP contribution is -2.46. The van der Waals surface area contributed by atoms with Crippen LogP contribution in [0, 0.1) is 0 Å². The summed E-state index contributed by atoms with van der Waals surface area (Å²) in [5.41, 5.74) is 2.20. The Morgan fingerprint density at radius 1 is 0.721 bits per heavy atom. The maximum atomic E-state index is 10.6. The Kier molecular flexibility index (Phi) is 13.1. The second-order valence-corrected chi connectivity index (χ2v) is 7.94. The number of alkyl halides is 9. The largest absolute Gasteiger partial charge is 0.490 e. The molecule has 0 spiro atoms. The van der Waals surface area contributed by atoms with Crippen molar-refractivity contribution in [3.8, 4) is 0 Å². The first-order valence-corrected chi connectivity index (χ1v) is 11.3. The zero-order valence-corrected chi connectivity index (χ0v) is 21.3. The number of rotatable bonds is 3. The molecule has 0 radical (unpaired) electrons. The van der Waals surface area contributed by atoms with Gasteiger partial charge in [0.1, 0.15) is 0 Å². The minimum Gasteiger partial charge on any atom is -0.475 e. The van der Waals surface area contributed by atoms with Gasteiger partial charge in [0.25, 0.3) is 0 Å². The quantitative estimate of drug-likeness (QED) is 0.362. The summed E-state index contributed by atoms with van der Waals surface area (Å²) in [6.45, 7) is 4.96.